The number of benzene rings is 1. The zero-order chi connectivity index (χ0) is 13.5. The molecule has 0 radical (unpaired) electrons. The fourth-order valence-electron chi connectivity index (χ4n) is 2.82. The number of carboxylic acid groups (broad SMARTS) is 1. The number of aliphatic carboxylic acids is 1. The van der Waals surface area contributed by atoms with Gasteiger partial charge in [0.15, 0.2) is 11.5 Å². The van der Waals surface area contributed by atoms with Crippen LogP contribution in [-0.2, 0) is 11.2 Å². The van der Waals surface area contributed by atoms with Crippen molar-refractivity contribution in [1.29, 1.82) is 0 Å². The Morgan fingerprint density at radius 1 is 1.32 bits per heavy atom. The van der Waals surface area contributed by atoms with Gasteiger partial charge in [0, 0.05) is 12.8 Å². The molecule has 102 valence electrons. The van der Waals surface area contributed by atoms with E-state index in [2.05, 4.69) is 0 Å². The monoisotopic (exact) mass is 262 g/mol. The maximum atomic E-state index is 10.9. The standard InChI is InChI=1S/C15H18O4/c1-10(14(16)17)8-11-4-5-12-13(9-11)19-15(18-12)6-2-3-7-15/h4-5,9-10H,2-3,6-8H2,1H3,(H,16,17). The predicted octanol–water partition coefficient (Wildman–Crippen LogP) is 2.99. The van der Waals surface area contributed by atoms with E-state index in [1.807, 2.05) is 18.2 Å². The maximum absolute atomic E-state index is 10.9. The van der Waals surface area contributed by atoms with Crippen molar-refractivity contribution in [3.05, 3.63) is 23.8 Å². The van der Waals surface area contributed by atoms with Crippen LogP contribution in [0.3, 0.4) is 0 Å². The summed E-state index contributed by atoms with van der Waals surface area (Å²) in [6.07, 6.45) is 4.65. The molecule has 2 aliphatic rings. The van der Waals surface area contributed by atoms with Crippen molar-refractivity contribution in [2.75, 3.05) is 0 Å². The Labute approximate surface area is 112 Å². The highest BCUT2D eigenvalue weighted by molar-refractivity contribution is 5.70. The van der Waals surface area contributed by atoms with Crippen LogP contribution in [0.4, 0.5) is 0 Å². The van der Waals surface area contributed by atoms with E-state index in [4.69, 9.17) is 14.6 Å². The molecule has 0 saturated heterocycles. The topological polar surface area (TPSA) is 55.8 Å². The molecule has 1 heterocycles. The molecule has 1 aliphatic heterocycles. The molecule has 1 unspecified atom stereocenters. The van der Waals surface area contributed by atoms with Crippen molar-refractivity contribution < 1.29 is 19.4 Å². The minimum absolute atomic E-state index is 0.388. The second-order valence-corrected chi connectivity index (χ2v) is 5.55. The fourth-order valence-corrected chi connectivity index (χ4v) is 2.82. The van der Waals surface area contributed by atoms with Gasteiger partial charge in [0.1, 0.15) is 0 Å². The summed E-state index contributed by atoms with van der Waals surface area (Å²) in [5.74, 6) is -0.0596. The number of fused-ring (bicyclic) bond motifs is 1. The first kappa shape index (κ1) is 12.3. The van der Waals surface area contributed by atoms with E-state index in [1.165, 1.54) is 0 Å². The number of hydrogen-bond donors (Lipinski definition) is 1. The van der Waals surface area contributed by atoms with E-state index >= 15 is 0 Å². The van der Waals surface area contributed by atoms with Crippen LogP contribution in [0.25, 0.3) is 0 Å². The molecule has 19 heavy (non-hydrogen) atoms. The highest BCUT2D eigenvalue weighted by atomic mass is 16.7. The summed E-state index contributed by atoms with van der Waals surface area (Å²) < 4.78 is 11.9. The van der Waals surface area contributed by atoms with Crippen molar-refractivity contribution in [2.45, 2.75) is 44.8 Å². The normalized spacial score (nSPS) is 20.7. The summed E-state index contributed by atoms with van der Waals surface area (Å²) in [4.78, 5) is 10.9. The van der Waals surface area contributed by atoms with Crippen molar-refractivity contribution in [3.63, 3.8) is 0 Å². The summed E-state index contributed by atoms with van der Waals surface area (Å²) in [5.41, 5.74) is 0.979. The van der Waals surface area contributed by atoms with Gasteiger partial charge in [0.05, 0.1) is 5.92 Å². The first-order valence-electron chi connectivity index (χ1n) is 6.82. The van der Waals surface area contributed by atoms with Crippen molar-refractivity contribution in [1.82, 2.24) is 0 Å². The lowest BCUT2D eigenvalue weighted by Gasteiger charge is -2.21. The number of rotatable bonds is 3. The minimum atomic E-state index is -0.773. The van der Waals surface area contributed by atoms with Gasteiger partial charge in [-0.25, -0.2) is 0 Å². The zero-order valence-corrected chi connectivity index (χ0v) is 11.0. The van der Waals surface area contributed by atoms with Crippen molar-refractivity contribution in [3.8, 4) is 11.5 Å². The molecule has 1 fully saturated rings. The van der Waals surface area contributed by atoms with Gasteiger partial charge in [-0.15, -0.1) is 0 Å². The van der Waals surface area contributed by atoms with Gasteiger partial charge < -0.3 is 14.6 Å². The Kier molecular flexibility index (Phi) is 2.88. The van der Waals surface area contributed by atoms with Gasteiger partial charge in [-0.05, 0) is 37.0 Å². The fraction of sp³-hybridized carbons (Fsp3) is 0.533. The molecule has 0 aromatic heterocycles. The average Bonchev–Trinajstić information content (AvgIpc) is 2.95. The quantitative estimate of drug-likeness (QED) is 0.909. The van der Waals surface area contributed by atoms with E-state index in [1.54, 1.807) is 6.92 Å². The van der Waals surface area contributed by atoms with Crippen LogP contribution in [0.2, 0.25) is 0 Å². The molecule has 1 saturated carbocycles. The van der Waals surface area contributed by atoms with Crippen LogP contribution < -0.4 is 9.47 Å². The van der Waals surface area contributed by atoms with Gasteiger partial charge in [-0.1, -0.05) is 13.0 Å². The Balaban J connectivity index is 1.77. The summed E-state index contributed by atoms with van der Waals surface area (Å²) in [6, 6.07) is 5.74. The SMILES string of the molecule is CC(Cc1ccc2c(c1)OC1(CCCC1)O2)C(=O)O. The van der Waals surface area contributed by atoms with E-state index in [-0.39, 0.29) is 5.92 Å². The molecule has 1 aromatic rings. The molecule has 1 aromatic carbocycles. The van der Waals surface area contributed by atoms with Crippen molar-refractivity contribution >= 4 is 5.97 Å². The second kappa shape index (κ2) is 4.44. The summed E-state index contributed by atoms with van der Waals surface area (Å²) in [6.45, 7) is 1.71. The van der Waals surface area contributed by atoms with Crippen molar-refractivity contribution in [2.24, 2.45) is 5.92 Å². The van der Waals surface area contributed by atoms with Gasteiger partial charge in [-0.3, -0.25) is 4.79 Å². The molecule has 1 atom stereocenters. The predicted molar refractivity (Wildman–Crippen MR) is 69.4 cm³/mol. The maximum Gasteiger partial charge on any atom is 0.306 e. The van der Waals surface area contributed by atoms with E-state index in [0.717, 1.165) is 42.7 Å². The third-order valence-corrected chi connectivity index (χ3v) is 3.93. The van der Waals surface area contributed by atoms with Gasteiger partial charge in [-0.2, -0.15) is 0 Å². The van der Waals surface area contributed by atoms with Gasteiger partial charge in [0.2, 0.25) is 0 Å². The molecular formula is C15H18O4. The summed E-state index contributed by atoms with van der Waals surface area (Å²) in [5, 5.41) is 8.95. The third-order valence-electron chi connectivity index (χ3n) is 3.93. The second-order valence-electron chi connectivity index (χ2n) is 5.55. The van der Waals surface area contributed by atoms with Gasteiger partial charge in [0.25, 0.3) is 5.79 Å². The first-order valence-corrected chi connectivity index (χ1v) is 6.82. The largest absolute Gasteiger partial charge is 0.481 e. The molecule has 4 heteroatoms. The lowest BCUT2D eigenvalue weighted by atomic mass is 10.0. The smallest absolute Gasteiger partial charge is 0.306 e. The zero-order valence-electron chi connectivity index (χ0n) is 11.0. The molecule has 4 nitrogen and oxygen atoms in total. The molecule has 3 rings (SSSR count). The average molecular weight is 262 g/mol. The minimum Gasteiger partial charge on any atom is -0.481 e. The number of carboxylic acids is 1. The third kappa shape index (κ3) is 2.27. The highest BCUT2D eigenvalue weighted by Crippen LogP contribution is 2.46. The summed E-state index contributed by atoms with van der Waals surface area (Å²) in [7, 11) is 0. The number of carbonyl (C=O) groups is 1. The van der Waals surface area contributed by atoms with Gasteiger partial charge >= 0.3 is 5.97 Å². The lowest BCUT2D eigenvalue weighted by molar-refractivity contribution is -0.141. The van der Waals surface area contributed by atoms with Crippen LogP contribution >= 0.6 is 0 Å². The molecule has 1 aliphatic carbocycles. The molecule has 1 N–H and O–H groups in total. The summed E-state index contributed by atoms with van der Waals surface area (Å²) >= 11 is 0. The molecular weight excluding hydrogens is 244 g/mol. The van der Waals surface area contributed by atoms with Crippen LogP contribution in [0.15, 0.2) is 18.2 Å². The van der Waals surface area contributed by atoms with Crippen LogP contribution in [0.5, 0.6) is 11.5 Å². The first-order chi connectivity index (χ1) is 9.08. The Bertz CT molecular complexity index is 503. The molecule has 1 spiro atoms. The highest BCUT2D eigenvalue weighted by Gasteiger charge is 2.44. The van der Waals surface area contributed by atoms with Crippen LogP contribution in [0.1, 0.15) is 38.2 Å². The molecule has 0 amide bonds. The Hall–Kier alpha value is -1.71. The number of hydrogen-bond acceptors (Lipinski definition) is 3. The van der Waals surface area contributed by atoms with E-state index < -0.39 is 11.8 Å². The Morgan fingerprint density at radius 3 is 2.68 bits per heavy atom. The van der Waals surface area contributed by atoms with E-state index in [0.29, 0.717) is 6.42 Å². The van der Waals surface area contributed by atoms with Crippen LogP contribution in [-0.4, -0.2) is 16.9 Å². The number of ether oxygens (including phenoxy) is 2. The molecule has 0 bridgehead atoms. The van der Waals surface area contributed by atoms with Crippen LogP contribution in [0, 0.1) is 5.92 Å². The Morgan fingerprint density at radius 2 is 2.00 bits per heavy atom. The lowest BCUT2D eigenvalue weighted by Crippen LogP contribution is -2.34. The van der Waals surface area contributed by atoms with E-state index in [9.17, 15) is 4.79 Å².